The van der Waals surface area contributed by atoms with Gasteiger partial charge in [-0.15, -0.1) is 0 Å². The van der Waals surface area contributed by atoms with Gasteiger partial charge in [-0.3, -0.25) is 4.79 Å². The van der Waals surface area contributed by atoms with Crippen LogP contribution >= 0.6 is 0 Å². The number of rotatable bonds is 6. The minimum absolute atomic E-state index is 0.650. The van der Waals surface area contributed by atoms with Crippen LogP contribution in [0.2, 0.25) is 0 Å². The minimum atomic E-state index is 0.650. The third kappa shape index (κ3) is 4.20. The summed E-state index contributed by atoms with van der Waals surface area (Å²) < 4.78 is 6.00. The average molecular weight is 375 g/mol. The summed E-state index contributed by atoms with van der Waals surface area (Å²) in [6.45, 7) is 2.79. The van der Waals surface area contributed by atoms with Crippen molar-refractivity contribution in [3.8, 4) is 11.5 Å². The van der Waals surface area contributed by atoms with Crippen LogP contribution in [0.5, 0.6) is 11.5 Å². The maximum Gasteiger partial charge on any atom is 0.227 e. The molecule has 0 aliphatic carbocycles. The third-order valence-corrected chi connectivity index (χ3v) is 4.51. The van der Waals surface area contributed by atoms with Gasteiger partial charge in [0.15, 0.2) is 5.75 Å². The van der Waals surface area contributed by atoms with Gasteiger partial charge in [0.2, 0.25) is 12.4 Å². The Morgan fingerprint density at radius 2 is 1.68 bits per heavy atom. The minimum Gasteiger partial charge on any atom is -0.455 e. The Bertz CT molecular complexity index is 927. The third-order valence-electron chi connectivity index (χ3n) is 4.51. The SMILES string of the molecule is O=CN1CCN(c2nccc(Nc3ccccc3Oc3ccccc3)n2)CC1. The van der Waals surface area contributed by atoms with Crippen molar-refractivity contribution >= 4 is 23.9 Å². The number of ether oxygens (including phenoxy) is 1. The Labute approximate surface area is 163 Å². The van der Waals surface area contributed by atoms with Gasteiger partial charge in [0.1, 0.15) is 11.6 Å². The van der Waals surface area contributed by atoms with E-state index in [1.54, 1.807) is 11.1 Å². The van der Waals surface area contributed by atoms with Crippen LogP contribution in [0.1, 0.15) is 0 Å². The largest absolute Gasteiger partial charge is 0.455 e. The second-order valence-corrected chi connectivity index (χ2v) is 6.41. The van der Waals surface area contributed by atoms with Gasteiger partial charge in [-0.2, -0.15) is 4.98 Å². The van der Waals surface area contributed by atoms with Crippen molar-refractivity contribution in [1.29, 1.82) is 0 Å². The first-order chi connectivity index (χ1) is 13.8. The molecule has 142 valence electrons. The Morgan fingerprint density at radius 1 is 0.929 bits per heavy atom. The molecule has 0 bridgehead atoms. The Hall–Kier alpha value is -3.61. The van der Waals surface area contributed by atoms with Gasteiger partial charge in [-0.25, -0.2) is 4.98 Å². The van der Waals surface area contributed by atoms with Crippen LogP contribution < -0.4 is 15.0 Å². The van der Waals surface area contributed by atoms with Crippen LogP contribution in [0.3, 0.4) is 0 Å². The molecule has 2 heterocycles. The van der Waals surface area contributed by atoms with Gasteiger partial charge in [0.25, 0.3) is 0 Å². The number of para-hydroxylation sites is 3. The predicted molar refractivity (Wildman–Crippen MR) is 108 cm³/mol. The number of hydrogen-bond donors (Lipinski definition) is 1. The van der Waals surface area contributed by atoms with Crippen molar-refractivity contribution in [2.75, 3.05) is 36.4 Å². The topological polar surface area (TPSA) is 70.6 Å². The summed E-state index contributed by atoms with van der Waals surface area (Å²) in [5.41, 5.74) is 0.821. The molecule has 4 rings (SSSR count). The van der Waals surface area contributed by atoms with Gasteiger partial charge in [0.05, 0.1) is 5.69 Å². The smallest absolute Gasteiger partial charge is 0.227 e. The molecule has 1 saturated heterocycles. The second kappa shape index (κ2) is 8.39. The van der Waals surface area contributed by atoms with Gasteiger partial charge >= 0.3 is 0 Å². The molecule has 2 aromatic carbocycles. The molecule has 0 radical (unpaired) electrons. The fourth-order valence-corrected chi connectivity index (χ4v) is 3.01. The Kier molecular flexibility index (Phi) is 5.33. The molecule has 1 aliphatic heterocycles. The molecule has 0 saturated carbocycles. The predicted octanol–water partition coefficient (Wildman–Crippen LogP) is 3.29. The van der Waals surface area contributed by atoms with Crippen molar-refractivity contribution in [3.05, 3.63) is 66.9 Å². The summed E-state index contributed by atoms with van der Waals surface area (Å²) in [7, 11) is 0. The van der Waals surface area contributed by atoms with E-state index in [1.165, 1.54) is 0 Å². The van der Waals surface area contributed by atoms with Crippen LogP contribution in [0.25, 0.3) is 0 Å². The lowest BCUT2D eigenvalue weighted by atomic mass is 10.3. The van der Waals surface area contributed by atoms with E-state index in [2.05, 4.69) is 20.2 Å². The van der Waals surface area contributed by atoms with Gasteiger partial charge in [-0.05, 0) is 30.3 Å². The van der Waals surface area contributed by atoms with Crippen molar-refractivity contribution in [3.63, 3.8) is 0 Å². The van der Waals surface area contributed by atoms with Crippen molar-refractivity contribution in [2.45, 2.75) is 0 Å². The lowest BCUT2D eigenvalue weighted by molar-refractivity contribution is -0.118. The number of piperazine rings is 1. The molecule has 28 heavy (non-hydrogen) atoms. The Morgan fingerprint density at radius 3 is 2.46 bits per heavy atom. The zero-order valence-electron chi connectivity index (χ0n) is 15.4. The number of hydrogen-bond acceptors (Lipinski definition) is 6. The van der Waals surface area contributed by atoms with E-state index in [0.29, 0.717) is 30.6 Å². The van der Waals surface area contributed by atoms with Crippen molar-refractivity contribution < 1.29 is 9.53 Å². The second-order valence-electron chi connectivity index (χ2n) is 6.41. The molecule has 3 aromatic rings. The van der Waals surface area contributed by atoms with Crippen LogP contribution in [0.15, 0.2) is 66.9 Å². The molecule has 1 aromatic heterocycles. The van der Waals surface area contributed by atoms with Crippen LogP contribution in [0.4, 0.5) is 17.5 Å². The first-order valence-corrected chi connectivity index (χ1v) is 9.18. The van der Waals surface area contributed by atoms with Gasteiger partial charge in [0, 0.05) is 32.4 Å². The fourth-order valence-electron chi connectivity index (χ4n) is 3.01. The van der Waals surface area contributed by atoms with Crippen LogP contribution in [-0.4, -0.2) is 47.5 Å². The molecule has 0 atom stereocenters. The molecule has 1 amide bonds. The standard InChI is InChI=1S/C21H21N5O2/c27-16-25-12-14-26(15-13-25)21-22-11-10-20(24-21)23-18-8-4-5-9-19(18)28-17-6-2-1-3-7-17/h1-11,16H,12-15H2,(H,22,23,24). The number of aromatic nitrogens is 2. The molecule has 1 fully saturated rings. The summed E-state index contributed by atoms with van der Waals surface area (Å²) in [6.07, 6.45) is 2.62. The number of carbonyl (C=O) groups excluding carboxylic acids is 1. The van der Waals surface area contributed by atoms with Gasteiger partial charge in [-0.1, -0.05) is 30.3 Å². The van der Waals surface area contributed by atoms with Gasteiger partial charge < -0.3 is 19.9 Å². The highest BCUT2D eigenvalue weighted by atomic mass is 16.5. The number of nitrogens with one attached hydrogen (secondary N) is 1. The lowest BCUT2D eigenvalue weighted by Gasteiger charge is -2.32. The lowest BCUT2D eigenvalue weighted by Crippen LogP contribution is -2.46. The zero-order chi connectivity index (χ0) is 19.2. The molecule has 1 aliphatic rings. The first kappa shape index (κ1) is 17.8. The fraction of sp³-hybridized carbons (Fsp3) is 0.190. The molecule has 0 spiro atoms. The molecular weight excluding hydrogens is 354 g/mol. The summed E-state index contributed by atoms with van der Waals surface area (Å²) in [6, 6.07) is 19.2. The van der Waals surface area contributed by atoms with E-state index in [9.17, 15) is 4.79 Å². The van der Waals surface area contributed by atoms with E-state index < -0.39 is 0 Å². The highest BCUT2D eigenvalue weighted by molar-refractivity contribution is 5.65. The number of anilines is 3. The number of amides is 1. The molecule has 1 N–H and O–H groups in total. The average Bonchev–Trinajstić information content (AvgIpc) is 2.76. The van der Waals surface area contributed by atoms with Crippen molar-refractivity contribution in [1.82, 2.24) is 14.9 Å². The molecular formula is C21H21N5O2. The van der Waals surface area contributed by atoms with Crippen LogP contribution in [0, 0.1) is 0 Å². The first-order valence-electron chi connectivity index (χ1n) is 9.18. The quantitative estimate of drug-likeness (QED) is 0.667. The monoisotopic (exact) mass is 375 g/mol. The Balaban J connectivity index is 1.50. The number of nitrogens with zero attached hydrogens (tertiary/aromatic N) is 4. The summed E-state index contributed by atoms with van der Waals surface area (Å²) >= 11 is 0. The van der Waals surface area contributed by atoms with E-state index in [1.807, 2.05) is 60.7 Å². The highest BCUT2D eigenvalue weighted by Crippen LogP contribution is 2.31. The van der Waals surface area contributed by atoms with Crippen molar-refractivity contribution in [2.24, 2.45) is 0 Å². The summed E-state index contributed by atoms with van der Waals surface area (Å²) in [5.74, 6) is 2.82. The van der Waals surface area contributed by atoms with E-state index >= 15 is 0 Å². The van der Waals surface area contributed by atoms with E-state index in [-0.39, 0.29) is 0 Å². The molecule has 7 nitrogen and oxygen atoms in total. The summed E-state index contributed by atoms with van der Waals surface area (Å²) in [5, 5.41) is 3.32. The maximum atomic E-state index is 10.9. The van der Waals surface area contributed by atoms with Crippen LogP contribution in [-0.2, 0) is 4.79 Å². The zero-order valence-corrected chi connectivity index (χ0v) is 15.4. The maximum absolute atomic E-state index is 10.9. The highest BCUT2D eigenvalue weighted by Gasteiger charge is 2.18. The number of benzene rings is 2. The summed E-state index contributed by atoms with van der Waals surface area (Å²) in [4.78, 5) is 23.7. The van der Waals surface area contributed by atoms with E-state index in [0.717, 1.165) is 30.9 Å². The van der Waals surface area contributed by atoms with E-state index in [4.69, 9.17) is 4.74 Å². The number of carbonyl (C=O) groups is 1. The molecule has 7 heteroatoms. The normalized spacial score (nSPS) is 13.9. The molecule has 0 unspecified atom stereocenters.